The lowest BCUT2D eigenvalue weighted by atomic mass is 10.2. The van der Waals surface area contributed by atoms with Gasteiger partial charge in [0.1, 0.15) is 6.33 Å². The van der Waals surface area contributed by atoms with E-state index in [0.717, 1.165) is 11.0 Å². The average molecular weight is 416 g/mol. The SMILES string of the molecule is O=C(Nc1ccccc1Oc1nc2ccccc2n2cnnc12)c1ccc(Cl)cc1. The van der Waals surface area contributed by atoms with E-state index in [9.17, 15) is 4.79 Å². The molecule has 0 bridgehead atoms. The van der Waals surface area contributed by atoms with Gasteiger partial charge in [-0.25, -0.2) is 4.98 Å². The van der Waals surface area contributed by atoms with Crippen LogP contribution in [0.4, 0.5) is 5.69 Å². The van der Waals surface area contributed by atoms with E-state index in [1.165, 1.54) is 0 Å². The van der Waals surface area contributed by atoms with Gasteiger partial charge in [0.2, 0.25) is 5.65 Å². The fourth-order valence-electron chi connectivity index (χ4n) is 3.11. The number of halogens is 1. The lowest BCUT2D eigenvalue weighted by Crippen LogP contribution is -2.12. The van der Waals surface area contributed by atoms with Crippen molar-refractivity contribution in [2.45, 2.75) is 0 Å². The summed E-state index contributed by atoms with van der Waals surface area (Å²) in [5.74, 6) is 0.452. The molecule has 1 amide bonds. The largest absolute Gasteiger partial charge is 0.434 e. The van der Waals surface area contributed by atoms with Crippen molar-refractivity contribution in [3.05, 3.63) is 89.7 Å². The van der Waals surface area contributed by atoms with Gasteiger partial charge in [0, 0.05) is 10.6 Å². The smallest absolute Gasteiger partial charge is 0.266 e. The quantitative estimate of drug-likeness (QED) is 0.448. The standard InChI is InChI=1S/C22H14ClN5O2/c23-15-11-9-14(10-12-15)21(29)25-17-6-2-4-8-19(17)30-22-20-27-24-13-28(20)18-7-3-1-5-16(18)26-22/h1-13H,(H,25,29). The van der Waals surface area contributed by atoms with Crippen molar-refractivity contribution in [3.63, 3.8) is 0 Å². The van der Waals surface area contributed by atoms with Crippen LogP contribution in [-0.2, 0) is 0 Å². The number of nitrogens with zero attached hydrogens (tertiary/aromatic N) is 4. The molecule has 2 aromatic heterocycles. The molecule has 30 heavy (non-hydrogen) atoms. The predicted molar refractivity (Wildman–Crippen MR) is 114 cm³/mol. The number of hydrogen-bond donors (Lipinski definition) is 1. The fourth-order valence-corrected chi connectivity index (χ4v) is 3.23. The summed E-state index contributed by atoms with van der Waals surface area (Å²) in [6.45, 7) is 0. The molecule has 7 nitrogen and oxygen atoms in total. The van der Waals surface area contributed by atoms with Gasteiger partial charge < -0.3 is 10.1 Å². The minimum Gasteiger partial charge on any atom is -0.434 e. The van der Waals surface area contributed by atoms with E-state index in [4.69, 9.17) is 16.3 Å². The van der Waals surface area contributed by atoms with Gasteiger partial charge in [-0.3, -0.25) is 9.20 Å². The normalized spacial score (nSPS) is 11.0. The van der Waals surface area contributed by atoms with Gasteiger partial charge in [-0.15, -0.1) is 10.2 Å². The molecule has 0 fully saturated rings. The second-order valence-corrected chi connectivity index (χ2v) is 6.93. The maximum absolute atomic E-state index is 12.6. The van der Waals surface area contributed by atoms with Crippen LogP contribution in [0.1, 0.15) is 10.4 Å². The molecular weight excluding hydrogens is 402 g/mol. The van der Waals surface area contributed by atoms with Gasteiger partial charge in [0.25, 0.3) is 11.8 Å². The molecule has 0 saturated carbocycles. The summed E-state index contributed by atoms with van der Waals surface area (Å²) in [5.41, 5.74) is 3.08. The summed E-state index contributed by atoms with van der Waals surface area (Å²) in [4.78, 5) is 17.2. The number of anilines is 1. The third kappa shape index (κ3) is 3.31. The second kappa shape index (κ2) is 7.46. The maximum Gasteiger partial charge on any atom is 0.266 e. The minimum atomic E-state index is -0.276. The van der Waals surface area contributed by atoms with Crippen molar-refractivity contribution in [3.8, 4) is 11.6 Å². The average Bonchev–Trinajstić information content (AvgIpc) is 3.26. The summed E-state index contributed by atoms with van der Waals surface area (Å²) in [6.07, 6.45) is 1.61. The summed E-state index contributed by atoms with van der Waals surface area (Å²) < 4.78 is 7.89. The van der Waals surface area contributed by atoms with Crippen molar-refractivity contribution in [1.29, 1.82) is 0 Å². The van der Waals surface area contributed by atoms with Gasteiger partial charge in [-0.2, -0.15) is 0 Å². The van der Waals surface area contributed by atoms with E-state index in [1.807, 2.05) is 40.8 Å². The highest BCUT2D eigenvalue weighted by molar-refractivity contribution is 6.30. The maximum atomic E-state index is 12.6. The first-order valence-electron chi connectivity index (χ1n) is 9.11. The highest BCUT2D eigenvalue weighted by atomic mass is 35.5. The molecule has 0 saturated heterocycles. The molecule has 0 atom stereocenters. The summed E-state index contributed by atoms with van der Waals surface area (Å²) >= 11 is 5.90. The van der Waals surface area contributed by atoms with E-state index >= 15 is 0 Å². The number of carbonyl (C=O) groups excluding carboxylic acids is 1. The van der Waals surface area contributed by atoms with Gasteiger partial charge in [-0.1, -0.05) is 35.9 Å². The molecule has 0 radical (unpaired) electrons. The van der Waals surface area contributed by atoms with Crippen molar-refractivity contribution in [1.82, 2.24) is 19.6 Å². The molecule has 0 aliphatic carbocycles. The van der Waals surface area contributed by atoms with Crippen LogP contribution >= 0.6 is 11.6 Å². The first kappa shape index (κ1) is 18.1. The van der Waals surface area contributed by atoms with Crippen LogP contribution in [0.15, 0.2) is 79.1 Å². The van der Waals surface area contributed by atoms with Crippen LogP contribution in [0.2, 0.25) is 5.02 Å². The van der Waals surface area contributed by atoms with Crippen LogP contribution in [0.25, 0.3) is 16.7 Å². The van der Waals surface area contributed by atoms with E-state index in [-0.39, 0.29) is 5.91 Å². The fraction of sp³-hybridized carbons (Fsp3) is 0. The van der Waals surface area contributed by atoms with Crippen LogP contribution < -0.4 is 10.1 Å². The number of rotatable bonds is 4. The predicted octanol–water partition coefficient (Wildman–Crippen LogP) is 4.98. The Morgan fingerprint density at radius 1 is 0.967 bits per heavy atom. The number of carbonyl (C=O) groups is 1. The molecule has 5 aromatic rings. The number of fused-ring (bicyclic) bond motifs is 3. The van der Waals surface area contributed by atoms with Crippen LogP contribution in [0, 0.1) is 0 Å². The zero-order valence-electron chi connectivity index (χ0n) is 15.5. The molecule has 146 valence electrons. The Balaban J connectivity index is 1.51. The number of hydrogen-bond acceptors (Lipinski definition) is 5. The molecule has 0 unspecified atom stereocenters. The summed E-state index contributed by atoms with van der Waals surface area (Å²) in [6, 6.07) is 21.4. The van der Waals surface area contributed by atoms with Gasteiger partial charge in [-0.05, 0) is 48.5 Å². The van der Waals surface area contributed by atoms with Crippen molar-refractivity contribution < 1.29 is 9.53 Å². The number of nitrogens with one attached hydrogen (secondary N) is 1. The van der Waals surface area contributed by atoms with Crippen molar-refractivity contribution in [2.24, 2.45) is 0 Å². The van der Waals surface area contributed by atoms with E-state index < -0.39 is 0 Å². The topological polar surface area (TPSA) is 81.4 Å². The van der Waals surface area contributed by atoms with Crippen LogP contribution in [0.3, 0.4) is 0 Å². The molecule has 1 N–H and O–H groups in total. The molecule has 0 aliphatic heterocycles. The lowest BCUT2D eigenvalue weighted by Gasteiger charge is -2.13. The number of aromatic nitrogens is 4. The molecule has 2 heterocycles. The third-order valence-electron chi connectivity index (χ3n) is 4.55. The highest BCUT2D eigenvalue weighted by Crippen LogP contribution is 2.31. The third-order valence-corrected chi connectivity index (χ3v) is 4.80. The minimum absolute atomic E-state index is 0.276. The van der Waals surface area contributed by atoms with E-state index in [2.05, 4.69) is 20.5 Å². The summed E-state index contributed by atoms with van der Waals surface area (Å²) in [5, 5.41) is 11.6. The Kier molecular flexibility index (Phi) is 4.49. The number of benzene rings is 3. The van der Waals surface area contributed by atoms with Crippen molar-refractivity contribution in [2.75, 3.05) is 5.32 Å². The zero-order chi connectivity index (χ0) is 20.5. The molecular formula is C22H14ClN5O2. The Morgan fingerprint density at radius 2 is 1.73 bits per heavy atom. The summed E-state index contributed by atoms with van der Waals surface area (Å²) in [7, 11) is 0. The Bertz CT molecular complexity index is 1380. The number of amides is 1. The Labute approximate surface area is 175 Å². The first-order valence-corrected chi connectivity index (χ1v) is 9.49. The number of ether oxygens (including phenoxy) is 1. The van der Waals surface area contributed by atoms with Gasteiger partial charge in [0.05, 0.1) is 16.7 Å². The molecule has 3 aromatic carbocycles. The second-order valence-electron chi connectivity index (χ2n) is 6.49. The van der Waals surface area contributed by atoms with Crippen LogP contribution in [0.5, 0.6) is 11.6 Å². The first-order chi connectivity index (χ1) is 14.7. The monoisotopic (exact) mass is 415 g/mol. The Hall–Kier alpha value is -3.97. The van der Waals surface area contributed by atoms with E-state index in [0.29, 0.717) is 33.6 Å². The van der Waals surface area contributed by atoms with E-state index in [1.54, 1.807) is 42.7 Å². The molecule has 0 spiro atoms. The van der Waals surface area contributed by atoms with Crippen LogP contribution in [-0.4, -0.2) is 25.5 Å². The lowest BCUT2D eigenvalue weighted by molar-refractivity contribution is 0.102. The zero-order valence-corrected chi connectivity index (χ0v) is 16.2. The Morgan fingerprint density at radius 3 is 2.60 bits per heavy atom. The van der Waals surface area contributed by atoms with Gasteiger partial charge in [0.15, 0.2) is 5.75 Å². The molecule has 0 aliphatic rings. The molecule has 5 rings (SSSR count). The highest BCUT2D eigenvalue weighted by Gasteiger charge is 2.15. The number of para-hydroxylation sites is 4. The van der Waals surface area contributed by atoms with Gasteiger partial charge >= 0.3 is 0 Å². The van der Waals surface area contributed by atoms with Crippen molar-refractivity contribution >= 4 is 39.9 Å². The molecule has 8 heteroatoms.